The number of rotatable bonds is 4. The van der Waals surface area contributed by atoms with Crippen LogP contribution in [0.15, 0.2) is 18.2 Å². The molecule has 4 nitrogen and oxygen atoms in total. The smallest absolute Gasteiger partial charge is 0.257 e. The van der Waals surface area contributed by atoms with Gasteiger partial charge in [0.25, 0.3) is 5.91 Å². The molecule has 2 rings (SSSR count). The Bertz CT molecular complexity index is 425. The molecule has 0 radical (unpaired) electrons. The monoisotopic (exact) mass is 235 g/mol. The number of ether oxygens (including phenoxy) is 1. The predicted octanol–water partition coefficient (Wildman–Crippen LogP) is 1.88. The number of phenols is 1. The standard InChI is InChI=1S/C13H17NO3/c1-14(2)13(16)10-4-3-5-11(12(10)15)17-8-9-6-7-9/h3-5,9,15H,6-8H2,1-2H3. The molecule has 1 amide bonds. The highest BCUT2D eigenvalue weighted by molar-refractivity contribution is 5.97. The first-order valence-corrected chi connectivity index (χ1v) is 5.76. The van der Waals surface area contributed by atoms with Crippen molar-refractivity contribution in [3.8, 4) is 11.5 Å². The Kier molecular flexibility index (Phi) is 3.22. The Labute approximate surface area is 101 Å². The molecule has 92 valence electrons. The van der Waals surface area contributed by atoms with Crippen molar-refractivity contribution < 1.29 is 14.6 Å². The molecule has 1 aromatic carbocycles. The minimum Gasteiger partial charge on any atom is -0.504 e. The molecule has 0 bridgehead atoms. The highest BCUT2D eigenvalue weighted by Gasteiger charge is 2.23. The quantitative estimate of drug-likeness (QED) is 0.867. The van der Waals surface area contributed by atoms with Crippen LogP contribution in [0, 0.1) is 5.92 Å². The lowest BCUT2D eigenvalue weighted by molar-refractivity contribution is 0.0823. The minimum absolute atomic E-state index is 0.0631. The molecule has 1 aromatic rings. The third kappa shape index (κ3) is 2.70. The summed E-state index contributed by atoms with van der Waals surface area (Å²) in [5.74, 6) is 0.721. The molecular weight excluding hydrogens is 218 g/mol. The Morgan fingerprint density at radius 3 is 2.76 bits per heavy atom. The number of carbonyl (C=O) groups is 1. The van der Waals surface area contributed by atoms with Crippen LogP contribution in [0.3, 0.4) is 0 Å². The normalized spacial score (nSPS) is 14.5. The van der Waals surface area contributed by atoms with Crippen LogP contribution < -0.4 is 4.74 Å². The van der Waals surface area contributed by atoms with E-state index in [1.165, 1.54) is 17.7 Å². The molecular formula is C13H17NO3. The molecule has 1 fully saturated rings. The molecule has 0 heterocycles. The number of para-hydroxylation sites is 1. The van der Waals surface area contributed by atoms with E-state index in [9.17, 15) is 9.90 Å². The molecule has 0 aliphatic heterocycles. The molecule has 17 heavy (non-hydrogen) atoms. The molecule has 0 saturated heterocycles. The number of benzene rings is 1. The minimum atomic E-state index is -0.223. The van der Waals surface area contributed by atoms with Gasteiger partial charge < -0.3 is 14.7 Å². The summed E-state index contributed by atoms with van der Waals surface area (Å²) in [5.41, 5.74) is 0.281. The fourth-order valence-corrected chi connectivity index (χ4v) is 1.54. The van der Waals surface area contributed by atoms with Gasteiger partial charge >= 0.3 is 0 Å². The average molecular weight is 235 g/mol. The lowest BCUT2D eigenvalue weighted by atomic mass is 10.1. The van der Waals surface area contributed by atoms with E-state index in [-0.39, 0.29) is 17.2 Å². The van der Waals surface area contributed by atoms with Crippen LogP contribution in [0.25, 0.3) is 0 Å². The third-order valence-corrected chi connectivity index (χ3v) is 2.81. The predicted molar refractivity (Wildman–Crippen MR) is 64.3 cm³/mol. The van der Waals surface area contributed by atoms with Gasteiger partial charge in [-0.05, 0) is 30.9 Å². The van der Waals surface area contributed by atoms with Gasteiger partial charge in [0.2, 0.25) is 0 Å². The molecule has 0 unspecified atom stereocenters. The zero-order valence-corrected chi connectivity index (χ0v) is 10.1. The summed E-state index contributed by atoms with van der Waals surface area (Å²) < 4.78 is 5.51. The van der Waals surface area contributed by atoms with Crippen LogP contribution in [-0.2, 0) is 0 Å². The van der Waals surface area contributed by atoms with Gasteiger partial charge in [0.05, 0.1) is 12.2 Å². The lowest BCUT2D eigenvalue weighted by Crippen LogP contribution is -2.21. The van der Waals surface area contributed by atoms with Crippen molar-refractivity contribution in [3.05, 3.63) is 23.8 Å². The number of amides is 1. The van der Waals surface area contributed by atoms with Crippen molar-refractivity contribution >= 4 is 5.91 Å². The van der Waals surface area contributed by atoms with E-state index in [0.717, 1.165) is 0 Å². The van der Waals surface area contributed by atoms with Gasteiger partial charge in [-0.2, -0.15) is 0 Å². The maximum atomic E-state index is 11.8. The summed E-state index contributed by atoms with van der Waals surface area (Å²) in [5, 5.41) is 9.97. The van der Waals surface area contributed by atoms with Crippen molar-refractivity contribution in [3.63, 3.8) is 0 Å². The number of aromatic hydroxyl groups is 1. The van der Waals surface area contributed by atoms with Crippen molar-refractivity contribution in [2.75, 3.05) is 20.7 Å². The largest absolute Gasteiger partial charge is 0.504 e. The molecule has 0 aromatic heterocycles. The van der Waals surface area contributed by atoms with Crippen molar-refractivity contribution in [1.29, 1.82) is 0 Å². The van der Waals surface area contributed by atoms with Crippen LogP contribution in [0.4, 0.5) is 0 Å². The van der Waals surface area contributed by atoms with E-state index in [0.29, 0.717) is 18.3 Å². The zero-order chi connectivity index (χ0) is 12.4. The van der Waals surface area contributed by atoms with Crippen molar-refractivity contribution in [1.82, 2.24) is 4.90 Å². The summed E-state index contributed by atoms with van der Waals surface area (Å²) in [4.78, 5) is 13.2. The molecule has 1 aliphatic rings. The van der Waals surface area contributed by atoms with Gasteiger partial charge in [-0.3, -0.25) is 4.79 Å². The molecule has 1 saturated carbocycles. The van der Waals surface area contributed by atoms with Gasteiger partial charge in [0, 0.05) is 14.1 Å². The van der Waals surface area contributed by atoms with E-state index in [1.54, 1.807) is 32.3 Å². The molecule has 0 atom stereocenters. The Morgan fingerprint density at radius 1 is 1.47 bits per heavy atom. The highest BCUT2D eigenvalue weighted by Crippen LogP contribution is 2.34. The fraction of sp³-hybridized carbons (Fsp3) is 0.462. The number of phenolic OH excluding ortho intramolecular Hbond substituents is 1. The van der Waals surface area contributed by atoms with Gasteiger partial charge in [0.15, 0.2) is 11.5 Å². The summed E-state index contributed by atoms with van der Waals surface area (Å²) in [6.45, 7) is 0.618. The summed E-state index contributed by atoms with van der Waals surface area (Å²) in [6.07, 6.45) is 2.38. The molecule has 1 N–H and O–H groups in total. The van der Waals surface area contributed by atoms with E-state index in [4.69, 9.17) is 4.74 Å². The second-order valence-corrected chi connectivity index (χ2v) is 4.61. The maximum absolute atomic E-state index is 11.8. The van der Waals surface area contributed by atoms with Crippen LogP contribution in [0.2, 0.25) is 0 Å². The van der Waals surface area contributed by atoms with Gasteiger partial charge in [-0.15, -0.1) is 0 Å². The first kappa shape index (κ1) is 11.8. The molecule has 1 aliphatic carbocycles. The van der Waals surface area contributed by atoms with E-state index in [2.05, 4.69) is 0 Å². The van der Waals surface area contributed by atoms with Gasteiger partial charge in [0.1, 0.15) is 0 Å². The zero-order valence-electron chi connectivity index (χ0n) is 10.1. The number of carbonyl (C=O) groups excluding carboxylic acids is 1. The average Bonchev–Trinajstić information content (AvgIpc) is 3.10. The van der Waals surface area contributed by atoms with Crippen LogP contribution >= 0.6 is 0 Å². The highest BCUT2D eigenvalue weighted by atomic mass is 16.5. The molecule has 0 spiro atoms. The fourth-order valence-electron chi connectivity index (χ4n) is 1.54. The summed E-state index contributed by atoms with van der Waals surface area (Å²) in [6, 6.07) is 5.00. The lowest BCUT2D eigenvalue weighted by Gasteiger charge is -2.14. The first-order chi connectivity index (χ1) is 8.09. The van der Waals surface area contributed by atoms with Crippen LogP contribution in [0.1, 0.15) is 23.2 Å². The van der Waals surface area contributed by atoms with Crippen molar-refractivity contribution in [2.45, 2.75) is 12.8 Å². The third-order valence-electron chi connectivity index (χ3n) is 2.81. The van der Waals surface area contributed by atoms with Crippen LogP contribution in [-0.4, -0.2) is 36.6 Å². The maximum Gasteiger partial charge on any atom is 0.257 e. The van der Waals surface area contributed by atoms with Gasteiger partial charge in [-0.1, -0.05) is 6.07 Å². The Balaban J connectivity index is 2.16. The summed E-state index contributed by atoms with van der Waals surface area (Å²) in [7, 11) is 3.30. The SMILES string of the molecule is CN(C)C(=O)c1cccc(OCC2CC2)c1O. The second-order valence-electron chi connectivity index (χ2n) is 4.61. The van der Waals surface area contributed by atoms with Gasteiger partial charge in [-0.25, -0.2) is 0 Å². The van der Waals surface area contributed by atoms with E-state index < -0.39 is 0 Å². The first-order valence-electron chi connectivity index (χ1n) is 5.76. The molecule has 4 heteroatoms. The number of hydrogen-bond acceptors (Lipinski definition) is 3. The topological polar surface area (TPSA) is 49.8 Å². The van der Waals surface area contributed by atoms with E-state index >= 15 is 0 Å². The second kappa shape index (κ2) is 4.65. The Morgan fingerprint density at radius 2 is 2.18 bits per heavy atom. The number of nitrogens with zero attached hydrogens (tertiary/aromatic N) is 1. The Hall–Kier alpha value is -1.71. The number of hydrogen-bond donors (Lipinski definition) is 1. The van der Waals surface area contributed by atoms with Crippen LogP contribution in [0.5, 0.6) is 11.5 Å². The van der Waals surface area contributed by atoms with Crippen molar-refractivity contribution in [2.24, 2.45) is 5.92 Å². The van der Waals surface area contributed by atoms with E-state index in [1.807, 2.05) is 0 Å². The summed E-state index contributed by atoms with van der Waals surface area (Å²) >= 11 is 0.